The highest BCUT2D eigenvalue weighted by molar-refractivity contribution is 5.77. The van der Waals surface area contributed by atoms with Crippen LogP contribution in [0.25, 0.3) is 5.57 Å². The summed E-state index contributed by atoms with van der Waals surface area (Å²) < 4.78 is 11.2. The summed E-state index contributed by atoms with van der Waals surface area (Å²) in [7, 11) is 0. The molecule has 3 unspecified atom stereocenters. The summed E-state index contributed by atoms with van der Waals surface area (Å²) >= 11 is 0. The van der Waals surface area contributed by atoms with E-state index in [2.05, 4.69) is 58.0 Å². The molecule has 0 N–H and O–H groups in total. The van der Waals surface area contributed by atoms with Gasteiger partial charge in [0, 0.05) is 5.41 Å². The number of rotatable bonds is 5. The average Bonchev–Trinajstić information content (AvgIpc) is 3.39. The van der Waals surface area contributed by atoms with E-state index >= 15 is 0 Å². The Hall–Kier alpha value is -1.38. The van der Waals surface area contributed by atoms with E-state index in [1.807, 2.05) is 0 Å². The molecule has 0 bridgehead atoms. The zero-order valence-electron chi connectivity index (χ0n) is 15.3. The third kappa shape index (κ3) is 3.10. The van der Waals surface area contributed by atoms with Crippen LogP contribution in [-0.4, -0.2) is 25.4 Å². The average molecular weight is 324 g/mol. The Bertz CT molecular complexity index is 670. The lowest BCUT2D eigenvalue weighted by atomic mass is 9.62. The topological polar surface area (TPSA) is 25.1 Å². The second-order valence-electron chi connectivity index (χ2n) is 8.09. The molecule has 0 aromatic heterocycles. The van der Waals surface area contributed by atoms with Crippen LogP contribution in [0.15, 0.2) is 35.9 Å². The second kappa shape index (κ2) is 5.86. The number of allylic oxidation sites excluding steroid dienone is 4. The predicted octanol–water partition coefficient (Wildman–Crippen LogP) is 4.85. The van der Waals surface area contributed by atoms with Crippen molar-refractivity contribution in [3.63, 3.8) is 0 Å². The molecule has 4 rings (SSSR count). The monoisotopic (exact) mass is 324 g/mol. The van der Waals surface area contributed by atoms with Crippen LogP contribution in [0.1, 0.15) is 43.4 Å². The summed E-state index contributed by atoms with van der Waals surface area (Å²) in [5, 5.41) is 0. The quantitative estimate of drug-likeness (QED) is 0.724. The smallest absolute Gasteiger partial charge is 0.0818 e. The van der Waals surface area contributed by atoms with Gasteiger partial charge in [-0.2, -0.15) is 0 Å². The lowest BCUT2D eigenvalue weighted by Crippen LogP contribution is -2.34. The Kier molecular flexibility index (Phi) is 3.93. The van der Waals surface area contributed by atoms with Gasteiger partial charge in [-0.15, -0.1) is 0 Å². The van der Waals surface area contributed by atoms with Gasteiger partial charge in [0.05, 0.1) is 25.4 Å². The summed E-state index contributed by atoms with van der Waals surface area (Å²) in [4.78, 5) is 0. The molecule has 1 aromatic carbocycles. The van der Waals surface area contributed by atoms with Crippen LogP contribution in [0.3, 0.4) is 0 Å². The van der Waals surface area contributed by atoms with Crippen molar-refractivity contribution in [2.45, 2.75) is 52.7 Å². The van der Waals surface area contributed by atoms with Gasteiger partial charge in [-0.1, -0.05) is 54.0 Å². The van der Waals surface area contributed by atoms with Crippen LogP contribution in [0.2, 0.25) is 0 Å². The molecule has 2 aliphatic heterocycles. The van der Waals surface area contributed by atoms with E-state index in [9.17, 15) is 0 Å². The molecular weight excluding hydrogens is 296 g/mol. The SMILES string of the molecule is CC1=CC(c2cc(C)cc(C)c2)=CC(C)C1(CC1CO1)CC1CO1. The molecule has 3 aliphatic rings. The van der Waals surface area contributed by atoms with Crippen molar-refractivity contribution in [2.24, 2.45) is 11.3 Å². The second-order valence-corrected chi connectivity index (χ2v) is 8.09. The van der Waals surface area contributed by atoms with Crippen LogP contribution in [0.5, 0.6) is 0 Å². The van der Waals surface area contributed by atoms with Crippen LogP contribution in [0, 0.1) is 25.2 Å². The molecule has 0 amide bonds. The first kappa shape index (κ1) is 16.1. The molecule has 2 heterocycles. The first-order chi connectivity index (χ1) is 11.5. The van der Waals surface area contributed by atoms with Crippen molar-refractivity contribution in [2.75, 3.05) is 13.2 Å². The van der Waals surface area contributed by atoms with Crippen molar-refractivity contribution < 1.29 is 9.47 Å². The molecule has 1 aromatic rings. The van der Waals surface area contributed by atoms with Crippen molar-refractivity contribution in [1.29, 1.82) is 0 Å². The normalized spacial score (nSPS) is 34.6. The summed E-state index contributed by atoms with van der Waals surface area (Å²) in [5.41, 5.74) is 7.08. The fraction of sp³-hybridized carbons (Fsp3) is 0.545. The molecule has 128 valence electrons. The van der Waals surface area contributed by atoms with Crippen LogP contribution in [0.4, 0.5) is 0 Å². The summed E-state index contributed by atoms with van der Waals surface area (Å²) in [6, 6.07) is 6.85. The van der Waals surface area contributed by atoms with E-state index in [1.165, 1.54) is 27.8 Å². The number of benzene rings is 1. The van der Waals surface area contributed by atoms with Crippen molar-refractivity contribution in [3.05, 3.63) is 52.6 Å². The first-order valence-corrected chi connectivity index (χ1v) is 9.19. The van der Waals surface area contributed by atoms with Crippen LogP contribution >= 0.6 is 0 Å². The van der Waals surface area contributed by atoms with Gasteiger partial charge in [0.2, 0.25) is 0 Å². The van der Waals surface area contributed by atoms with E-state index in [0.717, 1.165) is 26.1 Å². The van der Waals surface area contributed by atoms with Gasteiger partial charge in [-0.3, -0.25) is 0 Å². The third-order valence-electron chi connectivity index (χ3n) is 6.00. The number of ether oxygens (including phenoxy) is 2. The van der Waals surface area contributed by atoms with Gasteiger partial charge in [-0.05, 0) is 50.7 Å². The maximum Gasteiger partial charge on any atom is 0.0818 e. The highest BCUT2D eigenvalue weighted by atomic mass is 16.6. The molecule has 2 heteroatoms. The lowest BCUT2D eigenvalue weighted by Gasteiger charge is -2.42. The van der Waals surface area contributed by atoms with Crippen LogP contribution < -0.4 is 0 Å². The summed E-state index contributed by atoms with van der Waals surface area (Å²) in [6.45, 7) is 10.9. The highest BCUT2D eigenvalue weighted by Gasteiger charge is 2.47. The molecule has 3 atom stereocenters. The largest absolute Gasteiger partial charge is 0.373 e. The number of aryl methyl sites for hydroxylation is 2. The Morgan fingerprint density at radius 1 is 0.958 bits per heavy atom. The van der Waals surface area contributed by atoms with Crippen molar-refractivity contribution >= 4 is 5.57 Å². The molecular formula is C22H28O2. The highest BCUT2D eigenvalue weighted by Crippen LogP contribution is 2.52. The zero-order chi connectivity index (χ0) is 16.9. The van der Waals surface area contributed by atoms with Gasteiger partial charge in [0.15, 0.2) is 0 Å². The van der Waals surface area contributed by atoms with Gasteiger partial charge in [0.25, 0.3) is 0 Å². The molecule has 0 radical (unpaired) electrons. The summed E-state index contributed by atoms with van der Waals surface area (Å²) in [5.74, 6) is 0.506. The Morgan fingerprint density at radius 2 is 1.50 bits per heavy atom. The van der Waals surface area contributed by atoms with E-state index < -0.39 is 0 Å². The van der Waals surface area contributed by atoms with Gasteiger partial charge < -0.3 is 9.47 Å². The van der Waals surface area contributed by atoms with E-state index in [1.54, 1.807) is 0 Å². The van der Waals surface area contributed by atoms with E-state index in [-0.39, 0.29) is 5.41 Å². The van der Waals surface area contributed by atoms with Gasteiger partial charge in [0.1, 0.15) is 0 Å². The molecule has 1 aliphatic carbocycles. The van der Waals surface area contributed by atoms with Crippen LogP contribution in [-0.2, 0) is 9.47 Å². The number of hydrogen-bond donors (Lipinski definition) is 0. The minimum absolute atomic E-state index is 0.199. The Morgan fingerprint density at radius 3 is 1.96 bits per heavy atom. The molecule has 2 saturated heterocycles. The van der Waals surface area contributed by atoms with Crippen molar-refractivity contribution in [3.8, 4) is 0 Å². The van der Waals surface area contributed by atoms with E-state index in [4.69, 9.17) is 9.47 Å². The molecule has 2 fully saturated rings. The maximum atomic E-state index is 5.59. The molecule has 0 saturated carbocycles. The fourth-order valence-electron chi connectivity index (χ4n) is 4.50. The molecule has 2 nitrogen and oxygen atoms in total. The Labute approximate surface area is 145 Å². The third-order valence-corrected chi connectivity index (χ3v) is 6.00. The van der Waals surface area contributed by atoms with Crippen molar-refractivity contribution in [1.82, 2.24) is 0 Å². The van der Waals surface area contributed by atoms with E-state index in [0.29, 0.717) is 18.1 Å². The minimum Gasteiger partial charge on any atom is -0.373 e. The fourth-order valence-corrected chi connectivity index (χ4v) is 4.50. The standard InChI is InChI=1S/C22H28O2/c1-14-5-15(2)7-18(6-14)19-8-16(3)22(17(4)9-19,10-20-12-23-20)11-21-13-24-21/h5-9,16,20-21H,10-13H2,1-4H3. The number of hydrogen-bond acceptors (Lipinski definition) is 2. The summed E-state index contributed by atoms with van der Waals surface area (Å²) in [6.07, 6.45) is 8.06. The maximum absolute atomic E-state index is 5.59. The minimum atomic E-state index is 0.199. The molecule has 0 spiro atoms. The number of epoxide rings is 2. The first-order valence-electron chi connectivity index (χ1n) is 9.19. The van der Waals surface area contributed by atoms with Gasteiger partial charge in [-0.25, -0.2) is 0 Å². The Balaban J connectivity index is 1.68. The predicted molar refractivity (Wildman–Crippen MR) is 98.0 cm³/mol. The van der Waals surface area contributed by atoms with Gasteiger partial charge >= 0.3 is 0 Å². The zero-order valence-corrected chi connectivity index (χ0v) is 15.3. The molecule has 24 heavy (non-hydrogen) atoms. The lowest BCUT2D eigenvalue weighted by molar-refractivity contribution is 0.178.